The molecule has 2 amide bonds. The zero-order valence-corrected chi connectivity index (χ0v) is 20.6. The SMILES string of the molecule is COc1cc(C(C(=O)NC2CCCC2)N(CC2CCCO2)C(=O)c2ccco2)cc(OC)c1OC. The Morgan fingerprint density at radius 3 is 2.31 bits per heavy atom. The molecule has 0 radical (unpaired) electrons. The fraction of sp³-hybridized carbons (Fsp3) is 0.538. The number of rotatable bonds is 10. The van der Waals surface area contributed by atoms with Gasteiger partial charge in [-0.15, -0.1) is 0 Å². The molecular formula is C26H34N2O7. The van der Waals surface area contributed by atoms with Crippen molar-refractivity contribution in [1.82, 2.24) is 10.2 Å². The van der Waals surface area contributed by atoms with Crippen LogP contribution in [0.5, 0.6) is 17.2 Å². The molecule has 1 aliphatic carbocycles. The van der Waals surface area contributed by atoms with Gasteiger partial charge >= 0.3 is 0 Å². The molecule has 1 N–H and O–H groups in total. The van der Waals surface area contributed by atoms with E-state index in [2.05, 4.69) is 5.32 Å². The Labute approximate surface area is 205 Å². The van der Waals surface area contributed by atoms with Gasteiger partial charge < -0.3 is 33.6 Å². The summed E-state index contributed by atoms with van der Waals surface area (Å²) in [7, 11) is 4.56. The lowest BCUT2D eigenvalue weighted by molar-refractivity contribution is -0.127. The molecule has 1 aliphatic heterocycles. The van der Waals surface area contributed by atoms with Gasteiger partial charge in [0, 0.05) is 19.2 Å². The molecule has 190 valence electrons. The van der Waals surface area contributed by atoms with Crippen LogP contribution in [0.1, 0.15) is 60.7 Å². The van der Waals surface area contributed by atoms with Gasteiger partial charge in [0.05, 0.1) is 33.7 Å². The van der Waals surface area contributed by atoms with Gasteiger partial charge in [0.2, 0.25) is 11.7 Å². The van der Waals surface area contributed by atoms with Crippen LogP contribution in [0.4, 0.5) is 0 Å². The Morgan fingerprint density at radius 2 is 1.77 bits per heavy atom. The van der Waals surface area contributed by atoms with Gasteiger partial charge in [-0.2, -0.15) is 0 Å². The zero-order valence-electron chi connectivity index (χ0n) is 20.6. The maximum Gasteiger partial charge on any atom is 0.290 e. The van der Waals surface area contributed by atoms with E-state index in [-0.39, 0.29) is 36.3 Å². The van der Waals surface area contributed by atoms with Crippen molar-refractivity contribution in [1.29, 1.82) is 0 Å². The zero-order chi connectivity index (χ0) is 24.8. The van der Waals surface area contributed by atoms with E-state index in [4.69, 9.17) is 23.4 Å². The van der Waals surface area contributed by atoms with E-state index >= 15 is 0 Å². The third-order valence-corrected chi connectivity index (χ3v) is 6.68. The molecule has 0 spiro atoms. The largest absolute Gasteiger partial charge is 0.493 e. The number of amides is 2. The van der Waals surface area contributed by atoms with Crippen molar-refractivity contribution >= 4 is 11.8 Å². The summed E-state index contributed by atoms with van der Waals surface area (Å²) in [4.78, 5) is 29.1. The van der Waals surface area contributed by atoms with E-state index in [0.29, 0.717) is 29.4 Å². The van der Waals surface area contributed by atoms with E-state index in [0.717, 1.165) is 38.5 Å². The summed E-state index contributed by atoms with van der Waals surface area (Å²) in [6.45, 7) is 0.884. The second kappa shape index (κ2) is 11.5. The molecule has 9 nitrogen and oxygen atoms in total. The molecule has 1 saturated carbocycles. The molecule has 4 rings (SSSR count). The van der Waals surface area contributed by atoms with Crippen LogP contribution in [-0.4, -0.2) is 63.3 Å². The summed E-state index contributed by atoms with van der Waals surface area (Å²) in [5, 5.41) is 3.17. The molecular weight excluding hydrogens is 452 g/mol. The van der Waals surface area contributed by atoms with Crippen LogP contribution < -0.4 is 19.5 Å². The molecule has 2 atom stereocenters. The molecule has 35 heavy (non-hydrogen) atoms. The Morgan fingerprint density at radius 1 is 1.06 bits per heavy atom. The lowest BCUT2D eigenvalue weighted by atomic mass is 10.0. The Kier molecular flexibility index (Phi) is 8.17. The molecule has 2 heterocycles. The minimum absolute atomic E-state index is 0.0790. The molecule has 2 unspecified atom stereocenters. The minimum Gasteiger partial charge on any atom is -0.493 e. The van der Waals surface area contributed by atoms with Crippen LogP contribution in [0.25, 0.3) is 0 Å². The van der Waals surface area contributed by atoms with Crippen molar-refractivity contribution in [3.8, 4) is 17.2 Å². The van der Waals surface area contributed by atoms with E-state index in [9.17, 15) is 9.59 Å². The molecule has 9 heteroatoms. The minimum atomic E-state index is -0.953. The average Bonchev–Trinajstić information content (AvgIpc) is 3.66. The number of hydrogen-bond acceptors (Lipinski definition) is 7. The fourth-order valence-electron chi connectivity index (χ4n) is 4.94. The monoisotopic (exact) mass is 486 g/mol. The molecule has 2 aromatic rings. The third-order valence-electron chi connectivity index (χ3n) is 6.68. The number of methoxy groups -OCH3 is 3. The highest BCUT2D eigenvalue weighted by atomic mass is 16.5. The topological polar surface area (TPSA) is 99.5 Å². The normalized spacial score (nSPS) is 18.8. The number of nitrogens with one attached hydrogen (secondary N) is 1. The molecule has 0 bridgehead atoms. The van der Waals surface area contributed by atoms with E-state index in [1.165, 1.54) is 27.6 Å². The van der Waals surface area contributed by atoms with Gasteiger partial charge in [0.25, 0.3) is 5.91 Å². The number of carbonyl (C=O) groups excluding carboxylic acids is 2. The Hall–Kier alpha value is -3.20. The van der Waals surface area contributed by atoms with Crippen LogP contribution in [-0.2, 0) is 9.53 Å². The number of nitrogens with zero attached hydrogens (tertiary/aromatic N) is 1. The first-order valence-electron chi connectivity index (χ1n) is 12.1. The second-order valence-electron chi connectivity index (χ2n) is 8.92. The van der Waals surface area contributed by atoms with Crippen LogP contribution >= 0.6 is 0 Å². The van der Waals surface area contributed by atoms with Gasteiger partial charge in [-0.05, 0) is 55.5 Å². The third kappa shape index (κ3) is 5.56. The van der Waals surface area contributed by atoms with Gasteiger partial charge in [-0.3, -0.25) is 9.59 Å². The van der Waals surface area contributed by atoms with Crippen molar-refractivity contribution in [2.45, 2.75) is 56.7 Å². The summed E-state index contributed by atoms with van der Waals surface area (Å²) < 4.78 is 27.8. The fourth-order valence-corrected chi connectivity index (χ4v) is 4.94. The maximum atomic E-state index is 13.9. The van der Waals surface area contributed by atoms with Crippen molar-refractivity contribution in [3.05, 3.63) is 41.9 Å². The highest BCUT2D eigenvalue weighted by molar-refractivity contribution is 5.96. The Bertz CT molecular complexity index is 970. The van der Waals surface area contributed by atoms with Gasteiger partial charge in [-0.1, -0.05) is 12.8 Å². The first-order valence-corrected chi connectivity index (χ1v) is 12.1. The standard InChI is InChI=1S/C26H34N2O7/c1-31-21-14-17(15-22(32-2)24(21)33-3)23(25(29)27-18-8-4-5-9-18)28(16-19-10-6-12-34-19)26(30)20-11-7-13-35-20/h7,11,13-15,18-19,23H,4-6,8-10,12,16H2,1-3H3,(H,27,29). The van der Waals surface area contributed by atoms with Gasteiger partial charge in [0.15, 0.2) is 17.3 Å². The van der Waals surface area contributed by atoms with Crippen LogP contribution in [0.15, 0.2) is 34.9 Å². The summed E-state index contributed by atoms with van der Waals surface area (Å²) >= 11 is 0. The molecule has 1 aromatic carbocycles. The van der Waals surface area contributed by atoms with Crippen LogP contribution in [0.3, 0.4) is 0 Å². The van der Waals surface area contributed by atoms with Crippen molar-refractivity contribution < 1.29 is 33.0 Å². The number of furan rings is 1. The first-order chi connectivity index (χ1) is 17.0. The quantitative estimate of drug-likeness (QED) is 0.546. The number of hydrogen-bond donors (Lipinski definition) is 1. The van der Waals surface area contributed by atoms with E-state index in [1.807, 2.05) is 0 Å². The van der Waals surface area contributed by atoms with Crippen molar-refractivity contribution in [2.24, 2.45) is 0 Å². The predicted molar refractivity (Wildman–Crippen MR) is 128 cm³/mol. The Balaban J connectivity index is 1.79. The van der Waals surface area contributed by atoms with Crippen molar-refractivity contribution in [2.75, 3.05) is 34.5 Å². The predicted octanol–water partition coefficient (Wildman–Crippen LogP) is 3.73. The number of benzene rings is 1. The van der Waals surface area contributed by atoms with E-state index in [1.54, 1.807) is 29.2 Å². The average molecular weight is 487 g/mol. The summed E-state index contributed by atoms with van der Waals surface area (Å²) in [6, 6.07) is 5.83. The van der Waals surface area contributed by atoms with Gasteiger partial charge in [-0.25, -0.2) is 0 Å². The maximum absolute atomic E-state index is 13.9. The summed E-state index contributed by atoms with van der Waals surface area (Å²) in [6.07, 6.45) is 7.00. The molecule has 2 fully saturated rings. The molecule has 2 aliphatic rings. The summed E-state index contributed by atoms with van der Waals surface area (Å²) in [5.41, 5.74) is 0.549. The van der Waals surface area contributed by atoms with Gasteiger partial charge in [0.1, 0.15) is 6.04 Å². The second-order valence-corrected chi connectivity index (χ2v) is 8.92. The summed E-state index contributed by atoms with van der Waals surface area (Å²) in [5.74, 6) is 0.742. The lowest BCUT2D eigenvalue weighted by Gasteiger charge is -2.33. The smallest absolute Gasteiger partial charge is 0.290 e. The molecule has 1 aromatic heterocycles. The number of ether oxygens (including phenoxy) is 4. The molecule has 1 saturated heterocycles. The highest BCUT2D eigenvalue weighted by Crippen LogP contribution is 2.41. The van der Waals surface area contributed by atoms with Crippen molar-refractivity contribution in [3.63, 3.8) is 0 Å². The first kappa shape index (κ1) is 24.9. The highest BCUT2D eigenvalue weighted by Gasteiger charge is 2.37. The van der Waals surface area contributed by atoms with Crippen LogP contribution in [0.2, 0.25) is 0 Å². The number of carbonyl (C=O) groups is 2. The lowest BCUT2D eigenvalue weighted by Crippen LogP contribution is -2.48. The van der Waals surface area contributed by atoms with E-state index < -0.39 is 6.04 Å². The van der Waals surface area contributed by atoms with Crippen LogP contribution in [0, 0.1) is 0 Å².